The van der Waals surface area contributed by atoms with Crippen LogP contribution < -0.4 is 5.32 Å². The molecule has 126 valence electrons. The number of likely N-dealkylation sites (tertiary alicyclic amines) is 1. The Morgan fingerprint density at radius 3 is 2.62 bits per heavy atom. The van der Waals surface area contributed by atoms with Gasteiger partial charge in [0.05, 0.1) is 6.54 Å². The van der Waals surface area contributed by atoms with E-state index in [1.54, 1.807) is 0 Å². The Morgan fingerprint density at radius 1 is 1.38 bits per heavy atom. The predicted molar refractivity (Wildman–Crippen MR) is 104 cm³/mol. The Bertz CT molecular complexity index is 294. The number of nitrogens with one attached hydrogen (secondary N) is 1. The molecule has 1 atom stereocenters. The SMILES string of the molecule is CCNC(=NCCN(CC)C(C)C)N1CCCC(C)C1.I. The van der Waals surface area contributed by atoms with Gasteiger partial charge in [0.25, 0.3) is 0 Å². The fourth-order valence-electron chi connectivity index (χ4n) is 2.87. The molecule has 0 amide bonds. The summed E-state index contributed by atoms with van der Waals surface area (Å²) in [4.78, 5) is 9.73. The van der Waals surface area contributed by atoms with Crippen molar-refractivity contribution >= 4 is 29.9 Å². The van der Waals surface area contributed by atoms with Crippen molar-refractivity contribution in [1.82, 2.24) is 15.1 Å². The molecule has 1 unspecified atom stereocenters. The van der Waals surface area contributed by atoms with Gasteiger partial charge in [0, 0.05) is 32.2 Å². The molecule has 0 aromatic carbocycles. The number of aliphatic imine (C=N–C) groups is 1. The zero-order valence-corrected chi connectivity index (χ0v) is 16.9. The summed E-state index contributed by atoms with van der Waals surface area (Å²) in [6.07, 6.45) is 2.64. The maximum atomic E-state index is 4.83. The van der Waals surface area contributed by atoms with Gasteiger partial charge in [0.15, 0.2) is 5.96 Å². The van der Waals surface area contributed by atoms with Crippen LogP contribution in [-0.4, -0.2) is 61.1 Å². The van der Waals surface area contributed by atoms with Crippen molar-refractivity contribution in [3.8, 4) is 0 Å². The van der Waals surface area contributed by atoms with Crippen LogP contribution in [0.1, 0.15) is 47.5 Å². The Balaban J connectivity index is 0.00000400. The van der Waals surface area contributed by atoms with Crippen LogP contribution in [0.5, 0.6) is 0 Å². The third-order valence-corrected chi connectivity index (χ3v) is 4.08. The van der Waals surface area contributed by atoms with Crippen molar-refractivity contribution < 1.29 is 0 Å². The van der Waals surface area contributed by atoms with Gasteiger partial charge in [0.2, 0.25) is 0 Å². The second kappa shape index (κ2) is 11.5. The van der Waals surface area contributed by atoms with E-state index in [2.05, 4.69) is 49.7 Å². The van der Waals surface area contributed by atoms with E-state index in [9.17, 15) is 0 Å². The average molecular weight is 410 g/mol. The average Bonchev–Trinajstić information content (AvgIpc) is 2.42. The van der Waals surface area contributed by atoms with Crippen LogP contribution in [0.3, 0.4) is 0 Å². The zero-order chi connectivity index (χ0) is 15.0. The fraction of sp³-hybridized carbons (Fsp3) is 0.938. The lowest BCUT2D eigenvalue weighted by atomic mass is 10.0. The number of piperidine rings is 1. The molecule has 0 aliphatic carbocycles. The molecule has 4 nitrogen and oxygen atoms in total. The third kappa shape index (κ3) is 7.68. The third-order valence-electron chi connectivity index (χ3n) is 4.08. The van der Waals surface area contributed by atoms with E-state index in [1.165, 1.54) is 12.8 Å². The molecule has 0 saturated carbocycles. The normalized spacial score (nSPS) is 19.9. The highest BCUT2D eigenvalue weighted by molar-refractivity contribution is 14.0. The monoisotopic (exact) mass is 410 g/mol. The molecule has 1 N–H and O–H groups in total. The topological polar surface area (TPSA) is 30.9 Å². The first-order valence-electron chi connectivity index (χ1n) is 8.35. The maximum Gasteiger partial charge on any atom is 0.193 e. The van der Waals surface area contributed by atoms with E-state index in [1.807, 2.05) is 0 Å². The van der Waals surface area contributed by atoms with Gasteiger partial charge in [-0.1, -0.05) is 13.8 Å². The Morgan fingerprint density at radius 2 is 2.10 bits per heavy atom. The molecule has 1 aliphatic heterocycles. The van der Waals surface area contributed by atoms with Gasteiger partial charge >= 0.3 is 0 Å². The molecule has 1 rings (SSSR count). The summed E-state index contributed by atoms with van der Waals surface area (Å²) in [5.74, 6) is 1.90. The van der Waals surface area contributed by atoms with Crippen LogP contribution >= 0.6 is 24.0 Å². The number of rotatable bonds is 6. The van der Waals surface area contributed by atoms with E-state index in [4.69, 9.17) is 4.99 Å². The van der Waals surface area contributed by atoms with E-state index in [-0.39, 0.29) is 24.0 Å². The lowest BCUT2D eigenvalue weighted by Crippen LogP contribution is -2.46. The molecule has 0 radical (unpaired) electrons. The lowest BCUT2D eigenvalue weighted by molar-refractivity contribution is 0.238. The number of guanidine groups is 1. The van der Waals surface area contributed by atoms with E-state index in [0.717, 1.165) is 51.1 Å². The summed E-state index contributed by atoms with van der Waals surface area (Å²) in [7, 11) is 0. The molecule has 0 aromatic heterocycles. The number of hydrogen-bond donors (Lipinski definition) is 1. The number of hydrogen-bond acceptors (Lipinski definition) is 2. The molecule has 1 aliphatic rings. The Hall–Kier alpha value is -0.0400. The number of nitrogens with zero attached hydrogens (tertiary/aromatic N) is 3. The second-order valence-electron chi connectivity index (χ2n) is 6.15. The molecular formula is C16H35IN4. The van der Waals surface area contributed by atoms with Crippen molar-refractivity contribution in [1.29, 1.82) is 0 Å². The summed E-state index contributed by atoms with van der Waals surface area (Å²) < 4.78 is 0. The van der Waals surface area contributed by atoms with Crippen LogP contribution in [0.15, 0.2) is 4.99 Å². The second-order valence-corrected chi connectivity index (χ2v) is 6.15. The molecule has 21 heavy (non-hydrogen) atoms. The highest BCUT2D eigenvalue weighted by Crippen LogP contribution is 2.15. The summed E-state index contributed by atoms with van der Waals surface area (Å²) in [5, 5.41) is 3.45. The summed E-state index contributed by atoms with van der Waals surface area (Å²) in [6.45, 7) is 17.5. The molecule has 1 fully saturated rings. The fourth-order valence-corrected chi connectivity index (χ4v) is 2.87. The minimum atomic E-state index is 0. The van der Waals surface area contributed by atoms with Gasteiger partial charge in [0.1, 0.15) is 0 Å². The highest BCUT2D eigenvalue weighted by atomic mass is 127. The van der Waals surface area contributed by atoms with E-state index >= 15 is 0 Å². The summed E-state index contributed by atoms with van der Waals surface area (Å²) in [6, 6.07) is 0.604. The minimum Gasteiger partial charge on any atom is -0.357 e. The van der Waals surface area contributed by atoms with Gasteiger partial charge < -0.3 is 10.2 Å². The minimum absolute atomic E-state index is 0. The first-order valence-corrected chi connectivity index (χ1v) is 8.35. The number of halogens is 1. The van der Waals surface area contributed by atoms with Gasteiger partial charge in [-0.15, -0.1) is 24.0 Å². The zero-order valence-electron chi connectivity index (χ0n) is 14.6. The maximum absolute atomic E-state index is 4.83. The van der Waals surface area contributed by atoms with E-state index in [0.29, 0.717) is 6.04 Å². The smallest absolute Gasteiger partial charge is 0.193 e. The van der Waals surface area contributed by atoms with Crippen LogP contribution in [-0.2, 0) is 0 Å². The van der Waals surface area contributed by atoms with Crippen molar-refractivity contribution in [2.45, 2.75) is 53.5 Å². The first-order chi connectivity index (χ1) is 9.58. The summed E-state index contributed by atoms with van der Waals surface area (Å²) in [5.41, 5.74) is 0. The molecule has 1 saturated heterocycles. The highest BCUT2D eigenvalue weighted by Gasteiger charge is 2.19. The van der Waals surface area contributed by atoms with Gasteiger partial charge in [-0.2, -0.15) is 0 Å². The van der Waals surface area contributed by atoms with E-state index < -0.39 is 0 Å². The molecule has 5 heteroatoms. The van der Waals surface area contributed by atoms with Crippen molar-refractivity contribution in [2.24, 2.45) is 10.9 Å². The van der Waals surface area contributed by atoms with Crippen LogP contribution in [0.4, 0.5) is 0 Å². The van der Waals surface area contributed by atoms with Crippen molar-refractivity contribution in [3.63, 3.8) is 0 Å². The van der Waals surface area contributed by atoms with Gasteiger partial charge in [-0.25, -0.2) is 0 Å². The quantitative estimate of drug-likeness (QED) is 0.415. The summed E-state index contributed by atoms with van der Waals surface area (Å²) >= 11 is 0. The standard InChI is InChI=1S/C16H34N4.HI/c1-6-17-16(20-11-8-9-15(5)13-20)18-10-12-19(7-2)14(3)4;/h14-15H,6-13H2,1-5H3,(H,17,18);1H. The predicted octanol–water partition coefficient (Wildman–Crippen LogP) is 3.03. The molecule has 0 aromatic rings. The largest absolute Gasteiger partial charge is 0.357 e. The van der Waals surface area contributed by atoms with Gasteiger partial charge in [-0.05, 0) is 46.1 Å². The lowest BCUT2D eigenvalue weighted by Gasteiger charge is -2.33. The van der Waals surface area contributed by atoms with Crippen LogP contribution in [0.2, 0.25) is 0 Å². The van der Waals surface area contributed by atoms with Gasteiger partial charge in [-0.3, -0.25) is 9.89 Å². The van der Waals surface area contributed by atoms with Crippen molar-refractivity contribution in [2.75, 3.05) is 39.3 Å². The Kier molecular flexibility index (Phi) is 11.5. The number of likely N-dealkylation sites (N-methyl/N-ethyl adjacent to an activating group) is 1. The van der Waals surface area contributed by atoms with Crippen LogP contribution in [0.25, 0.3) is 0 Å². The molecule has 0 spiro atoms. The Labute approximate surface area is 148 Å². The van der Waals surface area contributed by atoms with Crippen molar-refractivity contribution in [3.05, 3.63) is 0 Å². The molecule has 1 heterocycles. The molecule has 0 bridgehead atoms. The first kappa shape index (κ1) is 21.0. The van der Waals surface area contributed by atoms with Crippen LogP contribution in [0, 0.1) is 5.92 Å². The molecular weight excluding hydrogens is 375 g/mol.